The zero-order valence-corrected chi connectivity index (χ0v) is 14.1. The number of methoxy groups -OCH3 is 1. The van der Waals surface area contributed by atoms with Crippen LogP contribution < -0.4 is 16.0 Å². The number of rotatable bonds is 5. The van der Waals surface area contributed by atoms with Crippen LogP contribution in [0.4, 0.5) is 0 Å². The molecule has 0 fully saturated rings. The van der Waals surface area contributed by atoms with Crippen molar-refractivity contribution in [1.82, 2.24) is 9.55 Å². The third-order valence-electron chi connectivity index (χ3n) is 3.83. The molecule has 0 radical (unpaired) electrons. The number of nitrogens with zero attached hydrogens (tertiary/aromatic N) is 2. The van der Waals surface area contributed by atoms with Gasteiger partial charge in [0.1, 0.15) is 11.6 Å². The molecule has 6 heteroatoms. The van der Waals surface area contributed by atoms with Crippen molar-refractivity contribution in [1.29, 1.82) is 0 Å². The van der Waals surface area contributed by atoms with Crippen molar-refractivity contribution in [2.24, 2.45) is 5.73 Å². The van der Waals surface area contributed by atoms with Crippen molar-refractivity contribution in [3.05, 3.63) is 57.8 Å². The first-order valence-corrected chi connectivity index (χ1v) is 8.06. The van der Waals surface area contributed by atoms with E-state index in [4.69, 9.17) is 22.1 Å². The van der Waals surface area contributed by atoms with E-state index in [0.717, 1.165) is 5.56 Å². The second-order valence-electron chi connectivity index (χ2n) is 5.43. The molecule has 0 aliphatic rings. The highest BCUT2D eigenvalue weighted by Crippen LogP contribution is 2.24. The first-order valence-electron chi connectivity index (χ1n) is 7.68. The molecule has 0 aliphatic carbocycles. The molecule has 3 rings (SSSR count). The number of benzene rings is 2. The Kier molecular flexibility index (Phi) is 4.83. The largest absolute Gasteiger partial charge is 0.497 e. The second-order valence-corrected chi connectivity index (χ2v) is 5.86. The molecule has 0 bridgehead atoms. The van der Waals surface area contributed by atoms with E-state index in [1.807, 2.05) is 24.3 Å². The Hall–Kier alpha value is -2.37. The van der Waals surface area contributed by atoms with Crippen molar-refractivity contribution in [3.63, 3.8) is 0 Å². The van der Waals surface area contributed by atoms with Crippen LogP contribution in [-0.4, -0.2) is 23.2 Å². The predicted octanol–water partition coefficient (Wildman–Crippen LogP) is 3.07. The van der Waals surface area contributed by atoms with Gasteiger partial charge in [0, 0.05) is 17.1 Å². The lowest BCUT2D eigenvalue weighted by Crippen LogP contribution is -2.24. The lowest BCUT2D eigenvalue weighted by Gasteiger charge is -2.14. The number of halogens is 1. The van der Waals surface area contributed by atoms with E-state index >= 15 is 0 Å². The Balaban J connectivity index is 2.28. The fourth-order valence-electron chi connectivity index (χ4n) is 2.63. The first-order chi connectivity index (χ1) is 11.6. The monoisotopic (exact) mass is 343 g/mol. The molecular weight excluding hydrogens is 326 g/mol. The van der Waals surface area contributed by atoms with Crippen LogP contribution in [0.1, 0.15) is 6.42 Å². The van der Waals surface area contributed by atoms with E-state index in [9.17, 15) is 4.79 Å². The number of hydrogen-bond acceptors (Lipinski definition) is 4. The van der Waals surface area contributed by atoms with Crippen LogP contribution in [0.3, 0.4) is 0 Å². The molecule has 3 aromatic rings. The Bertz CT molecular complexity index is 937. The zero-order valence-electron chi connectivity index (χ0n) is 13.3. The number of ether oxygens (including phenoxy) is 1. The van der Waals surface area contributed by atoms with Crippen LogP contribution >= 0.6 is 11.6 Å². The standard InChI is InChI=1S/C18H18ClN3O2/c1-24-14-5-2-4-12(10-14)17-21-16-11-13(19)6-7-15(16)18(23)22(17)9-3-8-20/h2,4-7,10-11H,3,8-9,20H2,1H3. The second kappa shape index (κ2) is 7.03. The molecule has 1 aromatic heterocycles. The summed E-state index contributed by atoms with van der Waals surface area (Å²) >= 11 is 6.06. The van der Waals surface area contributed by atoms with Crippen LogP contribution in [0.5, 0.6) is 5.75 Å². The van der Waals surface area contributed by atoms with Gasteiger partial charge in [0.2, 0.25) is 0 Å². The predicted molar refractivity (Wildman–Crippen MR) is 96.7 cm³/mol. The van der Waals surface area contributed by atoms with E-state index in [1.54, 1.807) is 29.9 Å². The highest BCUT2D eigenvalue weighted by molar-refractivity contribution is 6.31. The maximum atomic E-state index is 12.9. The van der Waals surface area contributed by atoms with Gasteiger partial charge in [-0.15, -0.1) is 0 Å². The van der Waals surface area contributed by atoms with E-state index in [0.29, 0.717) is 47.0 Å². The van der Waals surface area contributed by atoms with Crippen LogP contribution in [0.15, 0.2) is 47.3 Å². The number of aromatic nitrogens is 2. The van der Waals surface area contributed by atoms with Crippen molar-refractivity contribution in [2.75, 3.05) is 13.7 Å². The molecule has 0 saturated heterocycles. The lowest BCUT2D eigenvalue weighted by molar-refractivity contribution is 0.415. The minimum atomic E-state index is -0.0945. The van der Waals surface area contributed by atoms with Crippen LogP contribution in [0.2, 0.25) is 5.02 Å². The third-order valence-corrected chi connectivity index (χ3v) is 4.07. The molecule has 0 atom stereocenters. The molecular formula is C18H18ClN3O2. The molecule has 2 N–H and O–H groups in total. The number of nitrogens with two attached hydrogens (primary N) is 1. The summed E-state index contributed by atoms with van der Waals surface area (Å²) < 4.78 is 6.94. The number of fused-ring (bicyclic) bond motifs is 1. The van der Waals surface area contributed by atoms with Gasteiger partial charge in [-0.05, 0) is 43.3 Å². The van der Waals surface area contributed by atoms with Crippen molar-refractivity contribution in [3.8, 4) is 17.1 Å². The molecule has 0 spiro atoms. The molecule has 1 heterocycles. The molecule has 0 amide bonds. The Morgan fingerprint density at radius 3 is 2.83 bits per heavy atom. The van der Waals surface area contributed by atoms with Gasteiger partial charge in [-0.25, -0.2) is 4.98 Å². The average Bonchev–Trinajstić information content (AvgIpc) is 2.60. The molecule has 24 heavy (non-hydrogen) atoms. The van der Waals surface area contributed by atoms with E-state index in [1.165, 1.54) is 0 Å². The summed E-state index contributed by atoms with van der Waals surface area (Å²) in [6, 6.07) is 12.6. The SMILES string of the molecule is COc1cccc(-c2nc3cc(Cl)ccc3c(=O)n2CCCN)c1. The van der Waals surface area contributed by atoms with Crippen molar-refractivity contribution in [2.45, 2.75) is 13.0 Å². The van der Waals surface area contributed by atoms with Gasteiger partial charge in [-0.2, -0.15) is 0 Å². The van der Waals surface area contributed by atoms with Crippen molar-refractivity contribution < 1.29 is 4.74 Å². The molecule has 0 saturated carbocycles. The maximum Gasteiger partial charge on any atom is 0.261 e. The van der Waals surface area contributed by atoms with Gasteiger partial charge in [-0.3, -0.25) is 9.36 Å². The molecule has 124 valence electrons. The van der Waals surface area contributed by atoms with Gasteiger partial charge in [0.25, 0.3) is 5.56 Å². The van der Waals surface area contributed by atoms with Gasteiger partial charge < -0.3 is 10.5 Å². The third kappa shape index (κ3) is 3.13. The number of hydrogen-bond donors (Lipinski definition) is 1. The van der Waals surface area contributed by atoms with Crippen LogP contribution in [-0.2, 0) is 6.54 Å². The van der Waals surface area contributed by atoms with Gasteiger partial charge in [-0.1, -0.05) is 23.7 Å². The summed E-state index contributed by atoms with van der Waals surface area (Å²) in [6.07, 6.45) is 0.692. The van der Waals surface area contributed by atoms with Crippen molar-refractivity contribution >= 4 is 22.5 Å². The quantitative estimate of drug-likeness (QED) is 0.773. The molecule has 2 aromatic carbocycles. The lowest BCUT2D eigenvalue weighted by atomic mass is 10.1. The highest BCUT2D eigenvalue weighted by atomic mass is 35.5. The van der Waals surface area contributed by atoms with E-state index in [-0.39, 0.29) is 5.56 Å². The summed E-state index contributed by atoms with van der Waals surface area (Å²) in [5, 5.41) is 1.09. The fraction of sp³-hybridized carbons (Fsp3) is 0.222. The fourth-order valence-corrected chi connectivity index (χ4v) is 2.80. The Morgan fingerprint density at radius 1 is 1.25 bits per heavy atom. The minimum absolute atomic E-state index is 0.0945. The molecule has 5 nitrogen and oxygen atoms in total. The highest BCUT2D eigenvalue weighted by Gasteiger charge is 2.13. The maximum absolute atomic E-state index is 12.9. The smallest absolute Gasteiger partial charge is 0.261 e. The summed E-state index contributed by atoms with van der Waals surface area (Å²) in [5.74, 6) is 1.29. The van der Waals surface area contributed by atoms with Crippen LogP contribution in [0, 0.1) is 0 Å². The zero-order chi connectivity index (χ0) is 17.1. The van der Waals surface area contributed by atoms with Gasteiger partial charge in [0.05, 0.1) is 18.0 Å². The summed E-state index contributed by atoms with van der Waals surface area (Å²) in [6.45, 7) is 1.01. The Morgan fingerprint density at radius 2 is 2.08 bits per heavy atom. The Labute approximate surface area is 144 Å². The van der Waals surface area contributed by atoms with E-state index in [2.05, 4.69) is 4.98 Å². The minimum Gasteiger partial charge on any atom is -0.497 e. The first kappa shape index (κ1) is 16.5. The summed E-state index contributed by atoms with van der Waals surface area (Å²) in [4.78, 5) is 17.6. The summed E-state index contributed by atoms with van der Waals surface area (Å²) in [5.41, 5.74) is 6.91. The normalized spacial score (nSPS) is 11.0. The van der Waals surface area contributed by atoms with Gasteiger partial charge >= 0.3 is 0 Å². The average molecular weight is 344 g/mol. The van der Waals surface area contributed by atoms with Gasteiger partial charge in [0.15, 0.2) is 0 Å². The van der Waals surface area contributed by atoms with E-state index < -0.39 is 0 Å². The molecule has 0 unspecified atom stereocenters. The molecule has 0 aliphatic heterocycles. The summed E-state index contributed by atoms with van der Waals surface area (Å²) in [7, 11) is 1.61. The topological polar surface area (TPSA) is 70.1 Å². The van der Waals surface area contributed by atoms with Crippen LogP contribution in [0.25, 0.3) is 22.3 Å².